The zero-order chi connectivity index (χ0) is 12.8. The Kier molecular flexibility index (Phi) is 3.36. The summed E-state index contributed by atoms with van der Waals surface area (Å²) >= 11 is 0. The molecule has 2 atom stereocenters. The van der Waals surface area contributed by atoms with Crippen molar-refractivity contribution in [2.24, 2.45) is 28.6 Å². The van der Waals surface area contributed by atoms with E-state index in [0.717, 1.165) is 17.8 Å². The first-order valence-corrected chi connectivity index (χ1v) is 7.36. The monoisotopic (exact) mass is 237 g/mol. The summed E-state index contributed by atoms with van der Waals surface area (Å²) in [6, 6.07) is 0. The van der Waals surface area contributed by atoms with Gasteiger partial charge in [-0.2, -0.15) is 0 Å². The molecule has 2 unspecified atom stereocenters. The standard InChI is InChI=1S/C16H31N/c1-15(2,3)8-12-7-13(12)9-16(4,5)14-10-17(6)11-14/h12-14H,7-11H2,1-6H3. The predicted molar refractivity (Wildman–Crippen MR) is 75.1 cm³/mol. The SMILES string of the molecule is CN1CC(C(C)(C)CC2CC2CC(C)(C)C)C1. The van der Waals surface area contributed by atoms with Gasteiger partial charge in [0.05, 0.1) is 0 Å². The van der Waals surface area contributed by atoms with Crippen LogP contribution in [0.5, 0.6) is 0 Å². The molecule has 0 N–H and O–H groups in total. The van der Waals surface area contributed by atoms with E-state index in [0.29, 0.717) is 10.8 Å². The fourth-order valence-electron chi connectivity index (χ4n) is 3.63. The number of hydrogen-bond acceptors (Lipinski definition) is 1. The molecule has 0 aromatic carbocycles. The molecule has 2 fully saturated rings. The molecule has 0 aromatic heterocycles. The van der Waals surface area contributed by atoms with Crippen LogP contribution in [0, 0.1) is 28.6 Å². The lowest BCUT2D eigenvalue weighted by atomic mass is 9.71. The van der Waals surface area contributed by atoms with Gasteiger partial charge in [-0.25, -0.2) is 0 Å². The second kappa shape index (κ2) is 4.26. The van der Waals surface area contributed by atoms with Crippen molar-refractivity contribution in [2.75, 3.05) is 20.1 Å². The maximum atomic E-state index is 2.50. The maximum absolute atomic E-state index is 2.50. The van der Waals surface area contributed by atoms with E-state index in [1.54, 1.807) is 0 Å². The molecule has 1 aliphatic carbocycles. The van der Waals surface area contributed by atoms with Crippen molar-refractivity contribution in [1.82, 2.24) is 4.90 Å². The summed E-state index contributed by atoms with van der Waals surface area (Å²) in [6.45, 7) is 14.8. The van der Waals surface area contributed by atoms with E-state index < -0.39 is 0 Å². The topological polar surface area (TPSA) is 3.24 Å². The van der Waals surface area contributed by atoms with E-state index in [2.05, 4.69) is 46.6 Å². The molecule has 17 heavy (non-hydrogen) atoms. The molecule has 1 aliphatic heterocycles. The Morgan fingerprint density at radius 3 is 1.94 bits per heavy atom. The quantitative estimate of drug-likeness (QED) is 0.713. The lowest BCUT2D eigenvalue weighted by Gasteiger charge is -2.46. The molecule has 0 amide bonds. The summed E-state index contributed by atoms with van der Waals surface area (Å²) in [5.41, 5.74) is 1.10. The van der Waals surface area contributed by atoms with Crippen LogP contribution >= 0.6 is 0 Å². The molecule has 2 rings (SSSR count). The highest BCUT2D eigenvalue weighted by atomic mass is 15.2. The van der Waals surface area contributed by atoms with E-state index in [1.807, 2.05) is 0 Å². The zero-order valence-corrected chi connectivity index (χ0v) is 12.7. The Hall–Kier alpha value is -0.0400. The molecule has 0 spiro atoms. The Balaban J connectivity index is 1.75. The summed E-state index contributed by atoms with van der Waals surface area (Å²) in [5.74, 6) is 3.02. The summed E-state index contributed by atoms with van der Waals surface area (Å²) in [4.78, 5) is 2.45. The minimum Gasteiger partial charge on any atom is -0.306 e. The third kappa shape index (κ3) is 3.47. The van der Waals surface area contributed by atoms with Crippen molar-refractivity contribution in [1.29, 1.82) is 0 Å². The highest BCUT2D eigenvalue weighted by Crippen LogP contribution is 2.53. The molecule has 2 aliphatic rings. The molecule has 0 bridgehead atoms. The first-order valence-electron chi connectivity index (χ1n) is 7.36. The van der Waals surface area contributed by atoms with E-state index >= 15 is 0 Å². The third-order valence-corrected chi connectivity index (χ3v) is 4.90. The van der Waals surface area contributed by atoms with Gasteiger partial charge in [0.1, 0.15) is 0 Å². The fourth-order valence-corrected chi connectivity index (χ4v) is 3.63. The lowest BCUT2D eigenvalue weighted by molar-refractivity contribution is 0.0250. The molecule has 0 radical (unpaired) electrons. The molecular weight excluding hydrogens is 206 g/mol. The van der Waals surface area contributed by atoms with E-state index in [-0.39, 0.29) is 0 Å². The smallest absolute Gasteiger partial charge is 0.00241 e. The third-order valence-electron chi connectivity index (χ3n) is 4.90. The van der Waals surface area contributed by atoms with Crippen LogP contribution in [0.4, 0.5) is 0 Å². The maximum Gasteiger partial charge on any atom is 0.00241 e. The molecule has 1 heterocycles. The molecule has 1 saturated carbocycles. The molecule has 1 heteroatoms. The van der Waals surface area contributed by atoms with E-state index in [1.165, 1.54) is 32.4 Å². The van der Waals surface area contributed by atoms with Gasteiger partial charge in [0, 0.05) is 13.1 Å². The summed E-state index contributed by atoms with van der Waals surface area (Å²) < 4.78 is 0. The average molecular weight is 237 g/mol. The van der Waals surface area contributed by atoms with Gasteiger partial charge in [-0.15, -0.1) is 0 Å². The summed E-state index contributed by atoms with van der Waals surface area (Å²) in [7, 11) is 2.24. The van der Waals surface area contributed by atoms with Crippen LogP contribution in [0.3, 0.4) is 0 Å². The van der Waals surface area contributed by atoms with Crippen LogP contribution in [-0.4, -0.2) is 25.0 Å². The molecule has 100 valence electrons. The predicted octanol–water partition coefficient (Wildman–Crippen LogP) is 4.04. The van der Waals surface area contributed by atoms with Crippen molar-refractivity contribution in [3.8, 4) is 0 Å². The van der Waals surface area contributed by atoms with Gasteiger partial charge in [-0.05, 0) is 54.9 Å². The van der Waals surface area contributed by atoms with Crippen LogP contribution in [0.15, 0.2) is 0 Å². The van der Waals surface area contributed by atoms with Crippen molar-refractivity contribution < 1.29 is 0 Å². The van der Waals surface area contributed by atoms with Crippen LogP contribution in [-0.2, 0) is 0 Å². The van der Waals surface area contributed by atoms with E-state index in [4.69, 9.17) is 0 Å². The summed E-state index contributed by atoms with van der Waals surface area (Å²) in [5, 5.41) is 0. The first-order chi connectivity index (χ1) is 7.67. The second-order valence-corrected chi connectivity index (χ2v) is 8.63. The van der Waals surface area contributed by atoms with Gasteiger partial charge < -0.3 is 4.90 Å². The van der Waals surface area contributed by atoms with E-state index in [9.17, 15) is 0 Å². The van der Waals surface area contributed by atoms with Crippen molar-refractivity contribution in [2.45, 2.75) is 53.9 Å². The second-order valence-electron chi connectivity index (χ2n) is 8.63. The van der Waals surface area contributed by atoms with Crippen LogP contribution in [0.2, 0.25) is 0 Å². The minimum absolute atomic E-state index is 0.528. The van der Waals surface area contributed by atoms with Crippen molar-refractivity contribution in [3.05, 3.63) is 0 Å². The number of rotatable bonds is 4. The van der Waals surface area contributed by atoms with Gasteiger partial charge in [0.25, 0.3) is 0 Å². The van der Waals surface area contributed by atoms with Crippen LogP contribution in [0.25, 0.3) is 0 Å². The van der Waals surface area contributed by atoms with Gasteiger partial charge >= 0.3 is 0 Å². The van der Waals surface area contributed by atoms with Gasteiger partial charge in [-0.1, -0.05) is 34.6 Å². The van der Waals surface area contributed by atoms with Gasteiger partial charge in [0.2, 0.25) is 0 Å². The number of likely N-dealkylation sites (tertiary alicyclic amines) is 1. The van der Waals surface area contributed by atoms with Gasteiger partial charge in [-0.3, -0.25) is 0 Å². The zero-order valence-electron chi connectivity index (χ0n) is 12.7. The summed E-state index contributed by atoms with van der Waals surface area (Å²) in [6.07, 6.45) is 4.40. The largest absolute Gasteiger partial charge is 0.306 e. The Bertz CT molecular complexity index is 268. The fraction of sp³-hybridized carbons (Fsp3) is 1.00. The Labute approximate surface area is 108 Å². The Morgan fingerprint density at radius 2 is 1.47 bits per heavy atom. The molecule has 0 aromatic rings. The minimum atomic E-state index is 0.528. The van der Waals surface area contributed by atoms with Crippen LogP contribution < -0.4 is 0 Å². The van der Waals surface area contributed by atoms with Crippen molar-refractivity contribution >= 4 is 0 Å². The highest BCUT2D eigenvalue weighted by molar-refractivity contribution is 4.96. The van der Waals surface area contributed by atoms with Gasteiger partial charge in [0.15, 0.2) is 0 Å². The van der Waals surface area contributed by atoms with Crippen LogP contribution in [0.1, 0.15) is 53.9 Å². The lowest BCUT2D eigenvalue weighted by Crippen LogP contribution is -2.50. The first kappa shape index (κ1) is 13.4. The van der Waals surface area contributed by atoms with Crippen molar-refractivity contribution in [3.63, 3.8) is 0 Å². The number of nitrogens with zero attached hydrogens (tertiary/aromatic N) is 1. The molecule has 1 saturated heterocycles. The average Bonchev–Trinajstić information content (AvgIpc) is 2.73. The molecular formula is C16H31N. The highest BCUT2D eigenvalue weighted by Gasteiger charge is 2.45. The normalized spacial score (nSPS) is 31.4. The molecule has 1 nitrogen and oxygen atoms in total. The Morgan fingerprint density at radius 1 is 0.941 bits per heavy atom. The number of hydrogen-bond donors (Lipinski definition) is 0.